The van der Waals surface area contributed by atoms with Gasteiger partial charge >= 0.3 is 5.97 Å². The number of allylic oxidation sites excluding steroid dienone is 1. The van der Waals surface area contributed by atoms with E-state index in [-0.39, 0.29) is 12.6 Å². The third-order valence-corrected chi connectivity index (χ3v) is 7.31. The minimum Gasteiger partial charge on any atom is -0.489 e. The van der Waals surface area contributed by atoms with Crippen LogP contribution in [0.25, 0.3) is 0 Å². The maximum absolute atomic E-state index is 13.2. The summed E-state index contributed by atoms with van der Waals surface area (Å²) < 4.78 is 13.4. The van der Waals surface area contributed by atoms with Crippen molar-refractivity contribution < 1.29 is 14.3 Å². The van der Waals surface area contributed by atoms with Crippen molar-refractivity contribution >= 4 is 46.9 Å². The molecule has 3 aromatic rings. The summed E-state index contributed by atoms with van der Waals surface area (Å²) >= 11 is 13.9. The molecule has 2 aromatic carbocycles. The van der Waals surface area contributed by atoms with E-state index in [1.807, 2.05) is 44.2 Å². The van der Waals surface area contributed by atoms with Gasteiger partial charge in [0, 0.05) is 27.1 Å². The van der Waals surface area contributed by atoms with E-state index in [2.05, 4.69) is 17.2 Å². The smallest absolute Gasteiger partial charge is 0.338 e. The number of aromatic nitrogens is 3. The van der Waals surface area contributed by atoms with Crippen LogP contribution in [0.1, 0.15) is 57.2 Å². The van der Waals surface area contributed by atoms with Gasteiger partial charge in [0.1, 0.15) is 18.4 Å². The Labute approximate surface area is 231 Å². The van der Waals surface area contributed by atoms with Gasteiger partial charge in [-0.25, -0.2) is 9.48 Å². The number of rotatable bonds is 11. The number of nitrogens with one attached hydrogen (secondary N) is 1. The molecule has 0 fully saturated rings. The quantitative estimate of drug-likeness (QED) is 0.150. The fourth-order valence-corrected chi connectivity index (χ4v) is 5.29. The highest BCUT2D eigenvalue weighted by Crippen LogP contribution is 2.38. The van der Waals surface area contributed by atoms with Crippen LogP contribution in [-0.4, -0.2) is 33.1 Å². The van der Waals surface area contributed by atoms with Crippen molar-refractivity contribution in [3.05, 3.63) is 74.9 Å². The second-order valence-corrected chi connectivity index (χ2v) is 10.6. The van der Waals surface area contributed by atoms with Gasteiger partial charge in [-0.05, 0) is 49.6 Å². The molecule has 4 rings (SSSR count). The number of carbonyl (C=O) groups excluding carboxylic acids is 1. The summed E-state index contributed by atoms with van der Waals surface area (Å²) in [5.74, 6) is 1.78. The normalized spacial score (nSPS) is 14.8. The molecule has 0 amide bonds. The van der Waals surface area contributed by atoms with Gasteiger partial charge < -0.3 is 14.8 Å². The van der Waals surface area contributed by atoms with Gasteiger partial charge in [0.25, 0.3) is 0 Å². The zero-order chi connectivity index (χ0) is 26.4. The van der Waals surface area contributed by atoms with E-state index in [9.17, 15) is 4.79 Å². The lowest BCUT2D eigenvalue weighted by Crippen LogP contribution is -2.29. The molecule has 0 bridgehead atoms. The van der Waals surface area contributed by atoms with Crippen LogP contribution in [0.3, 0.4) is 0 Å². The van der Waals surface area contributed by atoms with Gasteiger partial charge in [-0.2, -0.15) is 4.98 Å². The van der Waals surface area contributed by atoms with Gasteiger partial charge in [-0.1, -0.05) is 73.4 Å². The SMILES string of the molecule is CCCCSc1nc2n(n1)C(c1cccc(OCc3ccc(Cl)cc3Cl)c1)C(C(=O)OCCC)=C(C)N2. The minimum atomic E-state index is -0.517. The first kappa shape index (κ1) is 27.4. The fraction of sp³-hybridized carbons (Fsp3) is 0.370. The Kier molecular flexibility index (Phi) is 9.40. The molecule has 2 heterocycles. The van der Waals surface area contributed by atoms with Crippen molar-refractivity contribution in [2.24, 2.45) is 0 Å². The molecule has 1 aliphatic heterocycles. The van der Waals surface area contributed by atoms with Crippen molar-refractivity contribution in [1.82, 2.24) is 14.8 Å². The molecular weight excluding hydrogens is 531 g/mol. The van der Waals surface area contributed by atoms with E-state index >= 15 is 0 Å². The first-order valence-corrected chi connectivity index (χ1v) is 14.1. The number of hydrogen-bond acceptors (Lipinski definition) is 7. The first-order chi connectivity index (χ1) is 17.9. The lowest BCUT2D eigenvalue weighted by molar-refractivity contribution is -0.139. The largest absolute Gasteiger partial charge is 0.489 e. The minimum absolute atomic E-state index is 0.277. The number of carbonyl (C=O) groups is 1. The number of nitrogens with zero attached hydrogens (tertiary/aromatic N) is 3. The summed E-state index contributed by atoms with van der Waals surface area (Å²) in [6, 6.07) is 12.4. The van der Waals surface area contributed by atoms with Crippen LogP contribution in [0.2, 0.25) is 10.0 Å². The monoisotopic (exact) mass is 560 g/mol. The highest BCUT2D eigenvalue weighted by molar-refractivity contribution is 7.99. The Balaban J connectivity index is 1.66. The van der Waals surface area contributed by atoms with Crippen LogP contribution >= 0.6 is 35.0 Å². The second kappa shape index (κ2) is 12.7. The van der Waals surface area contributed by atoms with Gasteiger partial charge in [0.2, 0.25) is 11.1 Å². The fourth-order valence-electron chi connectivity index (χ4n) is 3.92. The third kappa shape index (κ3) is 6.61. The number of esters is 1. The standard InChI is InChI=1S/C27H30Cl2N4O3S/c1-4-6-13-37-27-31-26-30-17(3)23(25(34)35-12-5-2)24(33(26)32-27)18-8-7-9-21(14-18)36-16-19-10-11-20(28)15-22(19)29/h7-11,14-15,24H,4-6,12-13,16H2,1-3H3,(H,30,31,32). The van der Waals surface area contributed by atoms with Crippen LogP contribution in [-0.2, 0) is 16.1 Å². The van der Waals surface area contributed by atoms with Crippen LogP contribution in [0.15, 0.2) is 58.9 Å². The first-order valence-electron chi connectivity index (χ1n) is 12.3. The Hall–Kier alpha value is -2.68. The average molecular weight is 562 g/mol. The van der Waals surface area contributed by atoms with Crippen molar-refractivity contribution in [3.8, 4) is 5.75 Å². The zero-order valence-electron chi connectivity index (χ0n) is 21.1. The molecule has 196 valence electrons. The van der Waals surface area contributed by atoms with E-state index in [0.717, 1.165) is 36.1 Å². The molecule has 1 N–H and O–H groups in total. The summed E-state index contributed by atoms with van der Waals surface area (Å²) in [5.41, 5.74) is 2.84. The van der Waals surface area contributed by atoms with E-state index in [0.29, 0.717) is 44.8 Å². The highest BCUT2D eigenvalue weighted by Gasteiger charge is 2.35. The van der Waals surface area contributed by atoms with Crippen molar-refractivity contribution in [3.63, 3.8) is 0 Å². The summed E-state index contributed by atoms with van der Waals surface area (Å²) in [5, 5.41) is 9.80. The number of halogens is 2. The van der Waals surface area contributed by atoms with E-state index in [4.69, 9.17) is 37.8 Å². The Morgan fingerprint density at radius 1 is 1.16 bits per heavy atom. The van der Waals surface area contributed by atoms with Gasteiger partial charge in [0.15, 0.2) is 0 Å². The zero-order valence-corrected chi connectivity index (χ0v) is 23.4. The molecule has 0 saturated heterocycles. The molecule has 1 aliphatic rings. The lowest BCUT2D eigenvalue weighted by Gasteiger charge is -2.28. The lowest BCUT2D eigenvalue weighted by atomic mass is 9.95. The predicted molar refractivity (Wildman–Crippen MR) is 149 cm³/mol. The number of hydrogen-bond donors (Lipinski definition) is 1. The van der Waals surface area contributed by atoms with Crippen molar-refractivity contribution in [2.75, 3.05) is 17.7 Å². The van der Waals surface area contributed by atoms with Gasteiger partial charge in [-0.15, -0.1) is 5.10 Å². The molecule has 0 saturated carbocycles. The summed E-state index contributed by atoms with van der Waals surface area (Å²) in [4.78, 5) is 17.9. The molecule has 1 unspecified atom stereocenters. The number of ether oxygens (including phenoxy) is 2. The van der Waals surface area contributed by atoms with E-state index in [1.165, 1.54) is 0 Å². The molecule has 0 spiro atoms. The molecule has 1 aromatic heterocycles. The van der Waals surface area contributed by atoms with Crippen LogP contribution in [0.5, 0.6) is 5.75 Å². The van der Waals surface area contributed by atoms with Crippen molar-refractivity contribution in [1.29, 1.82) is 0 Å². The molecule has 0 radical (unpaired) electrons. The van der Waals surface area contributed by atoms with E-state index < -0.39 is 6.04 Å². The second-order valence-electron chi connectivity index (χ2n) is 8.66. The summed E-state index contributed by atoms with van der Waals surface area (Å²) in [7, 11) is 0. The molecule has 1 atom stereocenters. The van der Waals surface area contributed by atoms with E-state index in [1.54, 1.807) is 28.6 Å². The van der Waals surface area contributed by atoms with Gasteiger partial charge in [-0.3, -0.25) is 0 Å². The maximum atomic E-state index is 13.2. The number of benzene rings is 2. The average Bonchev–Trinajstić information content (AvgIpc) is 3.28. The Morgan fingerprint density at radius 2 is 2.00 bits per heavy atom. The number of fused-ring (bicyclic) bond motifs is 1. The van der Waals surface area contributed by atoms with Gasteiger partial charge in [0.05, 0.1) is 12.2 Å². The third-order valence-electron chi connectivity index (χ3n) is 5.80. The predicted octanol–water partition coefficient (Wildman–Crippen LogP) is 7.30. The number of anilines is 1. The summed E-state index contributed by atoms with van der Waals surface area (Å²) in [6.45, 7) is 6.60. The topological polar surface area (TPSA) is 78.3 Å². The van der Waals surface area contributed by atoms with Crippen molar-refractivity contribution in [2.45, 2.75) is 57.8 Å². The Bertz CT molecular complexity index is 1290. The van der Waals surface area contributed by atoms with Crippen LogP contribution in [0.4, 0.5) is 5.95 Å². The van der Waals surface area contributed by atoms with Crippen LogP contribution in [0, 0.1) is 0 Å². The molecule has 10 heteroatoms. The summed E-state index contributed by atoms with van der Waals surface area (Å²) in [6.07, 6.45) is 2.91. The molecular formula is C27H30Cl2N4O3S. The Morgan fingerprint density at radius 3 is 2.76 bits per heavy atom. The number of thioether (sulfide) groups is 1. The molecule has 37 heavy (non-hydrogen) atoms. The highest BCUT2D eigenvalue weighted by atomic mass is 35.5. The maximum Gasteiger partial charge on any atom is 0.338 e. The molecule has 0 aliphatic carbocycles. The number of unbranched alkanes of at least 4 members (excludes halogenated alkanes) is 1. The molecule has 7 nitrogen and oxygen atoms in total. The van der Waals surface area contributed by atoms with Crippen LogP contribution < -0.4 is 10.1 Å².